The van der Waals surface area contributed by atoms with E-state index in [4.69, 9.17) is 4.74 Å². The average molecular weight is 398 g/mol. The molecular weight excluding hydrogens is 370 g/mol. The van der Waals surface area contributed by atoms with Gasteiger partial charge >= 0.3 is 0 Å². The molecule has 0 aliphatic heterocycles. The number of aliphatic hydroxyl groups is 1. The van der Waals surface area contributed by atoms with Crippen LogP contribution in [0, 0.1) is 5.92 Å². The smallest absolute Gasteiger partial charge is 0.240 e. The Kier molecular flexibility index (Phi) is 8.09. The van der Waals surface area contributed by atoms with E-state index in [1.165, 1.54) is 0 Å². The minimum Gasteiger partial charge on any atom is -0.493 e. The van der Waals surface area contributed by atoms with Crippen LogP contribution < -0.4 is 9.46 Å². The van der Waals surface area contributed by atoms with Crippen molar-refractivity contribution in [2.45, 2.75) is 37.5 Å². The van der Waals surface area contributed by atoms with Crippen molar-refractivity contribution in [3.8, 4) is 5.75 Å². The molecule has 0 unspecified atom stereocenters. The van der Waals surface area contributed by atoms with Gasteiger partial charge in [-0.25, -0.2) is 13.1 Å². The Morgan fingerprint density at radius 3 is 2.46 bits per heavy atom. The molecule has 7 heteroatoms. The summed E-state index contributed by atoms with van der Waals surface area (Å²) in [4.78, 5) is 0.226. The lowest BCUT2D eigenvalue weighted by Crippen LogP contribution is -2.26. The van der Waals surface area contributed by atoms with Crippen molar-refractivity contribution in [2.24, 2.45) is 5.92 Å². The zero-order valence-electron chi connectivity index (χ0n) is 15.2. The molecule has 5 nitrogen and oxygen atoms in total. The van der Waals surface area contributed by atoms with Crippen molar-refractivity contribution >= 4 is 21.4 Å². The molecule has 1 atom stereocenters. The predicted molar refractivity (Wildman–Crippen MR) is 105 cm³/mol. The molecule has 2 aromatic rings. The van der Waals surface area contributed by atoms with E-state index in [1.807, 2.05) is 16.8 Å². The second-order valence-electron chi connectivity index (χ2n) is 6.63. The van der Waals surface area contributed by atoms with Crippen LogP contribution in [0.15, 0.2) is 46.0 Å². The van der Waals surface area contributed by atoms with Crippen molar-refractivity contribution in [3.05, 3.63) is 46.7 Å². The third-order valence-corrected chi connectivity index (χ3v) is 6.17. The first-order chi connectivity index (χ1) is 12.4. The lowest BCUT2D eigenvalue weighted by Gasteiger charge is -2.15. The number of thiophene rings is 1. The first-order valence-electron chi connectivity index (χ1n) is 8.78. The summed E-state index contributed by atoms with van der Waals surface area (Å²) in [5.74, 6) is 1.23. The largest absolute Gasteiger partial charge is 0.493 e. The summed E-state index contributed by atoms with van der Waals surface area (Å²) in [6.45, 7) is 5.13. The van der Waals surface area contributed by atoms with Crippen LogP contribution in [0.1, 0.15) is 38.2 Å². The van der Waals surface area contributed by atoms with Gasteiger partial charge in [-0.3, -0.25) is 0 Å². The molecule has 0 spiro atoms. The number of hydrogen-bond donors (Lipinski definition) is 2. The highest BCUT2D eigenvalue weighted by molar-refractivity contribution is 7.89. The molecule has 0 saturated carbocycles. The Labute approximate surface area is 160 Å². The van der Waals surface area contributed by atoms with Gasteiger partial charge in [-0.15, -0.1) is 0 Å². The van der Waals surface area contributed by atoms with Gasteiger partial charge in [-0.2, -0.15) is 11.3 Å². The van der Waals surface area contributed by atoms with Crippen LogP contribution in [0.5, 0.6) is 5.75 Å². The first kappa shape index (κ1) is 20.9. The maximum absolute atomic E-state index is 12.4. The van der Waals surface area contributed by atoms with E-state index in [0.29, 0.717) is 37.7 Å². The fourth-order valence-electron chi connectivity index (χ4n) is 2.57. The summed E-state index contributed by atoms with van der Waals surface area (Å²) >= 11 is 1.60. The first-order valence-corrected chi connectivity index (χ1v) is 11.2. The molecule has 1 aromatic carbocycles. The highest BCUT2D eigenvalue weighted by Crippen LogP contribution is 2.25. The lowest BCUT2D eigenvalue weighted by molar-refractivity contribution is 0.271. The maximum Gasteiger partial charge on any atom is 0.240 e. The zero-order valence-corrected chi connectivity index (χ0v) is 16.9. The van der Waals surface area contributed by atoms with Gasteiger partial charge in [0.25, 0.3) is 0 Å². The van der Waals surface area contributed by atoms with E-state index in [1.54, 1.807) is 35.6 Å². The molecule has 0 amide bonds. The monoisotopic (exact) mass is 397 g/mol. The van der Waals surface area contributed by atoms with Crippen LogP contribution in [0.2, 0.25) is 0 Å². The normalized spacial score (nSPS) is 13.1. The van der Waals surface area contributed by atoms with Gasteiger partial charge in [0.15, 0.2) is 0 Å². The summed E-state index contributed by atoms with van der Waals surface area (Å²) in [5.41, 5.74) is 1.15. The Bertz CT molecular complexity index is 740. The average Bonchev–Trinajstić information content (AvgIpc) is 3.14. The summed E-state index contributed by atoms with van der Waals surface area (Å²) in [6.07, 6.45) is 1.27. The highest BCUT2D eigenvalue weighted by Gasteiger charge is 2.16. The fraction of sp³-hybridized carbons (Fsp3) is 0.474. The van der Waals surface area contributed by atoms with Crippen LogP contribution in [0.3, 0.4) is 0 Å². The second-order valence-corrected chi connectivity index (χ2v) is 9.18. The van der Waals surface area contributed by atoms with Crippen molar-refractivity contribution < 1.29 is 18.3 Å². The number of rotatable bonds is 11. The Morgan fingerprint density at radius 2 is 1.88 bits per heavy atom. The number of benzene rings is 1. The van der Waals surface area contributed by atoms with E-state index in [0.717, 1.165) is 5.56 Å². The minimum absolute atomic E-state index is 0.0884. The number of sulfonamides is 1. The molecule has 0 saturated heterocycles. The summed E-state index contributed by atoms with van der Waals surface area (Å²) in [6, 6.07) is 8.49. The van der Waals surface area contributed by atoms with Crippen LogP contribution in [-0.2, 0) is 10.0 Å². The van der Waals surface area contributed by atoms with E-state index >= 15 is 0 Å². The number of ether oxygens (including phenoxy) is 1. The molecule has 0 bridgehead atoms. The fourth-order valence-corrected chi connectivity index (χ4v) is 4.36. The van der Waals surface area contributed by atoms with E-state index < -0.39 is 10.0 Å². The van der Waals surface area contributed by atoms with Gasteiger partial charge in [-0.1, -0.05) is 13.8 Å². The molecule has 0 fully saturated rings. The summed E-state index contributed by atoms with van der Waals surface area (Å²) in [5, 5.41) is 13.3. The van der Waals surface area contributed by atoms with Crippen molar-refractivity contribution in [2.75, 3.05) is 19.8 Å². The van der Waals surface area contributed by atoms with E-state index in [-0.39, 0.29) is 17.4 Å². The Morgan fingerprint density at radius 1 is 1.15 bits per heavy atom. The molecule has 0 aliphatic carbocycles. The Hall–Kier alpha value is -1.41. The topological polar surface area (TPSA) is 75.6 Å². The molecular formula is C19H27NO4S2. The maximum atomic E-state index is 12.4. The Balaban J connectivity index is 1.91. The van der Waals surface area contributed by atoms with Crippen LogP contribution in [-0.4, -0.2) is 33.3 Å². The van der Waals surface area contributed by atoms with Crippen LogP contribution in [0.4, 0.5) is 0 Å². The van der Waals surface area contributed by atoms with Gasteiger partial charge in [0.2, 0.25) is 10.0 Å². The molecule has 1 aromatic heterocycles. The highest BCUT2D eigenvalue weighted by atomic mass is 32.2. The van der Waals surface area contributed by atoms with Gasteiger partial charge in [-0.05, 0) is 71.3 Å². The molecule has 26 heavy (non-hydrogen) atoms. The van der Waals surface area contributed by atoms with Gasteiger partial charge < -0.3 is 9.84 Å². The van der Waals surface area contributed by atoms with Crippen molar-refractivity contribution in [1.29, 1.82) is 0 Å². The summed E-state index contributed by atoms with van der Waals surface area (Å²) < 4.78 is 33.1. The predicted octanol–water partition coefficient (Wildman–Crippen LogP) is 3.62. The number of hydrogen-bond acceptors (Lipinski definition) is 5. The molecule has 0 aliphatic rings. The third kappa shape index (κ3) is 6.39. The van der Waals surface area contributed by atoms with Crippen LogP contribution >= 0.6 is 11.3 Å². The van der Waals surface area contributed by atoms with E-state index in [2.05, 4.69) is 18.6 Å². The van der Waals surface area contributed by atoms with Gasteiger partial charge in [0, 0.05) is 13.2 Å². The van der Waals surface area contributed by atoms with Crippen molar-refractivity contribution in [1.82, 2.24) is 4.72 Å². The molecule has 2 N–H and O–H groups in total. The van der Waals surface area contributed by atoms with E-state index in [9.17, 15) is 13.5 Å². The van der Waals surface area contributed by atoms with Gasteiger partial charge in [0.05, 0.1) is 11.5 Å². The number of aliphatic hydroxyl groups excluding tert-OH is 1. The third-order valence-electron chi connectivity index (χ3n) is 3.99. The van der Waals surface area contributed by atoms with Gasteiger partial charge in [0.1, 0.15) is 5.75 Å². The number of nitrogens with one attached hydrogen (secondary N) is 1. The van der Waals surface area contributed by atoms with Crippen LogP contribution in [0.25, 0.3) is 0 Å². The quantitative estimate of drug-likeness (QED) is 0.607. The molecule has 1 heterocycles. The molecule has 0 radical (unpaired) electrons. The lowest BCUT2D eigenvalue weighted by atomic mass is 9.95. The van der Waals surface area contributed by atoms with Crippen molar-refractivity contribution in [3.63, 3.8) is 0 Å². The molecule has 144 valence electrons. The summed E-state index contributed by atoms with van der Waals surface area (Å²) in [7, 11) is -3.55. The second kappa shape index (κ2) is 10.1. The molecule has 2 rings (SSSR count). The minimum atomic E-state index is -3.55. The standard InChI is InChI=1S/C19H27NO4S2/c1-15(2)13-24-18-3-5-19(6-4-18)26(22,23)20-10-7-16(8-11-21)17-9-12-25-14-17/h3-6,9,12,14-16,20-21H,7-8,10-11,13H2,1-2H3/t16-/m1/s1. The zero-order chi connectivity index (χ0) is 19.0. The SMILES string of the molecule is CC(C)COc1ccc(S(=O)(=O)NCC[C@H](CCO)c2ccsc2)cc1.